The Bertz CT molecular complexity index is 443. The van der Waals surface area contributed by atoms with E-state index in [1.807, 2.05) is 6.08 Å². The van der Waals surface area contributed by atoms with Gasteiger partial charge >= 0.3 is 0 Å². The monoisotopic (exact) mass is 284 g/mol. The number of rotatable bonds is 0. The lowest BCUT2D eigenvalue weighted by atomic mass is 9.91. The summed E-state index contributed by atoms with van der Waals surface area (Å²) in [5, 5.41) is 0.903. The van der Waals surface area contributed by atoms with E-state index in [0.29, 0.717) is 0 Å². The maximum absolute atomic E-state index is 6.01. The summed E-state index contributed by atoms with van der Waals surface area (Å²) in [5.41, 5.74) is 2.69. The third-order valence-corrected chi connectivity index (χ3v) is 3.87. The van der Waals surface area contributed by atoms with Crippen molar-refractivity contribution >= 4 is 27.5 Å². The predicted molar refractivity (Wildman–Crippen MR) is 64.8 cm³/mol. The second-order valence-electron chi connectivity index (χ2n) is 3.98. The minimum atomic E-state index is 0.202. The Morgan fingerprint density at radius 2 is 2.20 bits per heavy atom. The predicted octanol–water partition coefficient (Wildman–Crippen LogP) is 4.16. The Hall–Kier alpha value is -0.470. The Kier molecular flexibility index (Phi) is 2.29. The fourth-order valence-electron chi connectivity index (χ4n) is 2.26. The van der Waals surface area contributed by atoms with Crippen LogP contribution in [0.25, 0.3) is 0 Å². The number of allylic oxidation sites excluding steroid dienone is 4. The molecule has 15 heavy (non-hydrogen) atoms. The van der Waals surface area contributed by atoms with Crippen LogP contribution in [0.2, 0.25) is 0 Å². The Balaban J connectivity index is 2.01. The summed E-state index contributed by atoms with van der Waals surface area (Å²) >= 11 is 9.53. The zero-order chi connectivity index (χ0) is 10.4. The van der Waals surface area contributed by atoms with Crippen LogP contribution in [-0.4, -0.2) is 6.10 Å². The van der Waals surface area contributed by atoms with E-state index in [0.717, 1.165) is 30.1 Å². The highest BCUT2D eigenvalue weighted by Crippen LogP contribution is 2.43. The van der Waals surface area contributed by atoms with Crippen LogP contribution < -0.4 is 0 Å². The first-order valence-electron chi connectivity index (χ1n) is 5.06. The van der Waals surface area contributed by atoms with E-state index in [1.165, 1.54) is 15.6 Å². The van der Waals surface area contributed by atoms with Gasteiger partial charge in [0.1, 0.15) is 11.9 Å². The van der Waals surface area contributed by atoms with Crippen LogP contribution in [0, 0.1) is 0 Å². The Morgan fingerprint density at radius 1 is 1.33 bits per heavy atom. The Labute approximate surface area is 102 Å². The lowest BCUT2D eigenvalue weighted by molar-refractivity contribution is 0.177. The van der Waals surface area contributed by atoms with Crippen LogP contribution in [-0.2, 0) is 4.74 Å². The van der Waals surface area contributed by atoms with Gasteiger partial charge in [0.15, 0.2) is 0 Å². The molecule has 2 aliphatic carbocycles. The number of hydrogen-bond acceptors (Lipinski definition) is 1. The number of ether oxygens (including phenoxy) is 1. The van der Waals surface area contributed by atoms with Gasteiger partial charge in [0, 0.05) is 17.0 Å². The fraction of sp³-hybridized carbons (Fsp3) is 0.333. The van der Waals surface area contributed by atoms with Crippen LogP contribution in [0.15, 0.2) is 44.6 Å². The van der Waals surface area contributed by atoms with Crippen LogP contribution in [0.5, 0.6) is 0 Å². The molecule has 1 nitrogen and oxygen atoms in total. The van der Waals surface area contributed by atoms with Crippen molar-refractivity contribution in [3.8, 4) is 0 Å². The molecule has 0 amide bonds. The van der Waals surface area contributed by atoms with Crippen LogP contribution >= 0.6 is 27.5 Å². The minimum Gasteiger partial charge on any atom is -0.485 e. The van der Waals surface area contributed by atoms with E-state index in [1.54, 1.807) is 0 Å². The Morgan fingerprint density at radius 3 is 3.07 bits per heavy atom. The van der Waals surface area contributed by atoms with Crippen molar-refractivity contribution in [1.29, 1.82) is 0 Å². The summed E-state index contributed by atoms with van der Waals surface area (Å²) in [7, 11) is 0. The van der Waals surface area contributed by atoms with Crippen LogP contribution in [0.4, 0.5) is 0 Å². The molecule has 0 N–H and O–H groups in total. The molecule has 1 heterocycles. The average Bonchev–Trinajstić information content (AvgIpc) is 2.53. The minimum absolute atomic E-state index is 0.202. The first-order valence-corrected chi connectivity index (χ1v) is 6.23. The normalized spacial score (nSPS) is 28.7. The molecule has 0 radical (unpaired) electrons. The maximum Gasteiger partial charge on any atom is 0.129 e. The van der Waals surface area contributed by atoms with Gasteiger partial charge in [-0.15, -0.1) is 0 Å². The quantitative estimate of drug-likeness (QED) is 0.649. The molecular weight excluding hydrogens is 275 g/mol. The van der Waals surface area contributed by atoms with E-state index in [2.05, 4.69) is 28.1 Å². The van der Waals surface area contributed by atoms with Crippen molar-refractivity contribution in [3.63, 3.8) is 0 Å². The van der Waals surface area contributed by atoms with Crippen molar-refractivity contribution in [1.82, 2.24) is 0 Å². The topological polar surface area (TPSA) is 9.23 Å². The summed E-state index contributed by atoms with van der Waals surface area (Å²) in [4.78, 5) is 0. The summed E-state index contributed by atoms with van der Waals surface area (Å²) < 4.78 is 7.09. The molecule has 0 bridgehead atoms. The molecule has 0 saturated carbocycles. The van der Waals surface area contributed by atoms with E-state index in [4.69, 9.17) is 16.3 Å². The molecule has 0 saturated heterocycles. The molecular formula is C12H10BrClO. The first-order chi connectivity index (χ1) is 7.24. The third-order valence-electron chi connectivity index (χ3n) is 2.99. The lowest BCUT2D eigenvalue weighted by Crippen LogP contribution is -2.11. The molecule has 1 aliphatic heterocycles. The van der Waals surface area contributed by atoms with E-state index >= 15 is 0 Å². The van der Waals surface area contributed by atoms with Crippen LogP contribution in [0.1, 0.15) is 19.3 Å². The second kappa shape index (κ2) is 3.53. The van der Waals surface area contributed by atoms with Gasteiger partial charge in [-0.2, -0.15) is 0 Å². The van der Waals surface area contributed by atoms with Gasteiger partial charge in [0.05, 0.1) is 0 Å². The number of hydrogen-bond donors (Lipinski definition) is 0. The van der Waals surface area contributed by atoms with Crippen molar-refractivity contribution in [2.75, 3.05) is 0 Å². The zero-order valence-electron chi connectivity index (χ0n) is 8.09. The molecule has 0 aromatic carbocycles. The fourth-order valence-corrected chi connectivity index (χ4v) is 2.88. The van der Waals surface area contributed by atoms with Gasteiger partial charge in [0.25, 0.3) is 0 Å². The molecule has 78 valence electrons. The summed E-state index contributed by atoms with van der Waals surface area (Å²) in [6, 6.07) is 0. The van der Waals surface area contributed by atoms with E-state index in [-0.39, 0.29) is 6.10 Å². The van der Waals surface area contributed by atoms with E-state index in [9.17, 15) is 0 Å². The van der Waals surface area contributed by atoms with Crippen molar-refractivity contribution < 1.29 is 4.74 Å². The smallest absolute Gasteiger partial charge is 0.129 e. The standard InChI is InChI=1S/C12H10BrClO/c13-7-1-3-9-10-4-2-8(14)6-12(10)15-11(9)5-7/h1,3,6,11H,2,4-5H2. The van der Waals surface area contributed by atoms with Crippen molar-refractivity contribution in [2.45, 2.75) is 25.4 Å². The number of halogens is 2. The molecule has 3 heteroatoms. The zero-order valence-corrected chi connectivity index (χ0v) is 10.4. The molecule has 0 aromatic heterocycles. The van der Waals surface area contributed by atoms with Crippen LogP contribution in [0.3, 0.4) is 0 Å². The molecule has 1 atom stereocenters. The third kappa shape index (κ3) is 1.60. The molecule has 1 unspecified atom stereocenters. The highest BCUT2D eigenvalue weighted by atomic mass is 79.9. The molecule has 3 rings (SSSR count). The lowest BCUT2D eigenvalue weighted by Gasteiger charge is -2.16. The summed E-state index contributed by atoms with van der Waals surface area (Å²) in [6.07, 6.45) is 9.33. The van der Waals surface area contributed by atoms with Crippen molar-refractivity contribution in [3.05, 3.63) is 44.6 Å². The SMILES string of the molecule is ClC1=CC2=C(CC1)C1=CC=C(Br)CC1O2. The van der Waals surface area contributed by atoms with Gasteiger partial charge in [0.2, 0.25) is 0 Å². The van der Waals surface area contributed by atoms with Crippen molar-refractivity contribution in [2.24, 2.45) is 0 Å². The first kappa shape index (κ1) is 9.73. The molecule has 3 aliphatic rings. The highest BCUT2D eigenvalue weighted by Gasteiger charge is 2.33. The highest BCUT2D eigenvalue weighted by molar-refractivity contribution is 9.11. The molecule has 0 spiro atoms. The second-order valence-corrected chi connectivity index (χ2v) is 5.48. The van der Waals surface area contributed by atoms with Gasteiger partial charge in [-0.1, -0.05) is 39.7 Å². The van der Waals surface area contributed by atoms with Gasteiger partial charge in [-0.3, -0.25) is 0 Å². The van der Waals surface area contributed by atoms with Gasteiger partial charge in [-0.05, 0) is 29.0 Å². The average molecular weight is 286 g/mol. The maximum atomic E-state index is 6.01. The molecule has 0 fully saturated rings. The molecule has 0 aromatic rings. The number of fused-ring (bicyclic) bond motifs is 2. The van der Waals surface area contributed by atoms with Gasteiger partial charge in [-0.25, -0.2) is 0 Å². The van der Waals surface area contributed by atoms with Gasteiger partial charge < -0.3 is 4.74 Å². The largest absolute Gasteiger partial charge is 0.485 e. The summed E-state index contributed by atoms with van der Waals surface area (Å²) in [5.74, 6) is 0.984. The summed E-state index contributed by atoms with van der Waals surface area (Å²) in [6.45, 7) is 0. The van der Waals surface area contributed by atoms with E-state index < -0.39 is 0 Å².